The minimum absolute atomic E-state index is 0.253. The van der Waals surface area contributed by atoms with Gasteiger partial charge in [-0.05, 0) is 29.3 Å². The molecule has 1 aliphatic rings. The summed E-state index contributed by atoms with van der Waals surface area (Å²) in [5.41, 5.74) is 3.95. The van der Waals surface area contributed by atoms with Crippen LogP contribution in [0.25, 0.3) is 0 Å². The molecule has 0 amide bonds. The topological polar surface area (TPSA) is 21.3 Å². The highest BCUT2D eigenvalue weighted by Crippen LogP contribution is 2.36. The summed E-state index contributed by atoms with van der Waals surface area (Å²) >= 11 is 0. The zero-order valence-electron chi connectivity index (χ0n) is 9.64. The molecule has 18 heavy (non-hydrogen) atoms. The Morgan fingerprint density at radius 3 is 2.17 bits per heavy atom. The number of nitrogens with one attached hydrogen (secondary N) is 1. The van der Waals surface area contributed by atoms with E-state index in [0.717, 1.165) is 11.1 Å². The second-order valence-corrected chi connectivity index (χ2v) is 4.16. The predicted molar refractivity (Wildman–Crippen MR) is 67.0 cm³/mol. The molecule has 0 radical (unpaired) electrons. The van der Waals surface area contributed by atoms with E-state index in [9.17, 15) is 4.39 Å². The molecule has 1 unspecified atom stereocenters. The van der Waals surface area contributed by atoms with Crippen LogP contribution in [0.1, 0.15) is 11.1 Å². The fourth-order valence-electron chi connectivity index (χ4n) is 2.17. The molecule has 1 heterocycles. The highest BCUT2D eigenvalue weighted by Gasteiger charge is 2.36. The molecule has 1 N–H and O–H groups in total. The van der Waals surface area contributed by atoms with E-state index in [1.54, 1.807) is 18.3 Å². The van der Waals surface area contributed by atoms with Crippen LogP contribution in [-0.4, -0.2) is 0 Å². The van der Waals surface area contributed by atoms with Crippen molar-refractivity contribution < 1.29 is 9.23 Å². The van der Waals surface area contributed by atoms with Crippen LogP contribution in [0.15, 0.2) is 66.9 Å². The number of hydrogen-bond donors (Lipinski definition) is 1. The first-order valence-corrected chi connectivity index (χ1v) is 5.74. The van der Waals surface area contributed by atoms with Crippen molar-refractivity contribution in [1.29, 1.82) is 0 Å². The molecule has 2 aromatic carbocycles. The van der Waals surface area contributed by atoms with Gasteiger partial charge < -0.3 is 0 Å². The van der Waals surface area contributed by atoms with Gasteiger partial charge in [-0.3, -0.25) is 10.3 Å². The molecule has 0 spiro atoms. The number of rotatable bonds is 2. The van der Waals surface area contributed by atoms with Crippen LogP contribution < -0.4 is 5.48 Å². The van der Waals surface area contributed by atoms with Gasteiger partial charge in [0.1, 0.15) is 5.82 Å². The Bertz CT molecular complexity index is 565. The summed E-state index contributed by atoms with van der Waals surface area (Å²) in [4.78, 5) is 5.67. The van der Waals surface area contributed by atoms with E-state index in [1.165, 1.54) is 12.1 Å². The molecule has 1 aliphatic heterocycles. The van der Waals surface area contributed by atoms with Gasteiger partial charge in [-0.2, -0.15) is 0 Å². The molecular formula is C15H12FNO. The van der Waals surface area contributed by atoms with E-state index >= 15 is 0 Å². The monoisotopic (exact) mass is 241 g/mol. The second kappa shape index (κ2) is 4.27. The summed E-state index contributed by atoms with van der Waals surface area (Å²) in [6, 6.07) is 16.2. The lowest BCUT2D eigenvalue weighted by atomic mass is 9.86. The third kappa shape index (κ3) is 1.69. The van der Waals surface area contributed by atoms with Crippen molar-refractivity contribution in [3.05, 3.63) is 83.8 Å². The molecule has 2 aromatic rings. The Hall–Kier alpha value is -2.13. The van der Waals surface area contributed by atoms with Crippen LogP contribution >= 0.6 is 0 Å². The van der Waals surface area contributed by atoms with Crippen LogP contribution in [-0.2, 0) is 10.4 Å². The van der Waals surface area contributed by atoms with E-state index in [0.29, 0.717) is 0 Å². The highest BCUT2D eigenvalue weighted by molar-refractivity contribution is 5.42. The first kappa shape index (κ1) is 11.0. The normalized spacial score (nSPS) is 21.8. The van der Waals surface area contributed by atoms with Crippen molar-refractivity contribution in [1.82, 2.24) is 5.48 Å². The fraction of sp³-hybridized carbons (Fsp3) is 0.0667. The van der Waals surface area contributed by atoms with Crippen LogP contribution in [0.3, 0.4) is 0 Å². The van der Waals surface area contributed by atoms with Crippen LogP contribution in [0.5, 0.6) is 0 Å². The maximum absolute atomic E-state index is 13.0. The summed E-state index contributed by atoms with van der Waals surface area (Å²) < 4.78 is 13.0. The molecule has 2 nitrogen and oxygen atoms in total. The van der Waals surface area contributed by atoms with E-state index < -0.39 is 5.60 Å². The van der Waals surface area contributed by atoms with Gasteiger partial charge in [-0.15, -0.1) is 0 Å². The predicted octanol–water partition coefficient (Wildman–Crippen LogP) is 3.12. The number of hydrogen-bond acceptors (Lipinski definition) is 2. The van der Waals surface area contributed by atoms with Crippen LogP contribution in [0, 0.1) is 5.82 Å². The van der Waals surface area contributed by atoms with Crippen molar-refractivity contribution in [2.45, 2.75) is 5.60 Å². The van der Waals surface area contributed by atoms with Crippen LogP contribution in [0.2, 0.25) is 0 Å². The molecule has 90 valence electrons. The van der Waals surface area contributed by atoms with Gasteiger partial charge in [-0.25, -0.2) is 4.39 Å². The third-order valence-electron chi connectivity index (χ3n) is 3.08. The Morgan fingerprint density at radius 1 is 0.889 bits per heavy atom. The van der Waals surface area contributed by atoms with E-state index in [2.05, 4.69) is 5.48 Å². The minimum atomic E-state index is -0.686. The zero-order chi connectivity index (χ0) is 12.4. The first-order valence-electron chi connectivity index (χ1n) is 5.74. The highest BCUT2D eigenvalue weighted by atomic mass is 19.1. The van der Waals surface area contributed by atoms with Gasteiger partial charge >= 0.3 is 0 Å². The smallest absolute Gasteiger partial charge is 0.166 e. The van der Waals surface area contributed by atoms with Gasteiger partial charge in [0.25, 0.3) is 0 Å². The number of benzene rings is 2. The molecule has 0 saturated heterocycles. The first-order chi connectivity index (χ1) is 8.81. The average molecular weight is 241 g/mol. The van der Waals surface area contributed by atoms with Crippen molar-refractivity contribution in [3.63, 3.8) is 0 Å². The lowest BCUT2D eigenvalue weighted by molar-refractivity contribution is -0.0128. The molecule has 0 aromatic heterocycles. The summed E-state index contributed by atoms with van der Waals surface area (Å²) in [7, 11) is 0. The molecule has 3 rings (SSSR count). The maximum Gasteiger partial charge on any atom is 0.166 e. The third-order valence-corrected chi connectivity index (χ3v) is 3.08. The maximum atomic E-state index is 13.0. The van der Waals surface area contributed by atoms with E-state index in [-0.39, 0.29) is 5.82 Å². The molecule has 0 aliphatic carbocycles. The van der Waals surface area contributed by atoms with Gasteiger partial charge in [0.15, 0.2) is 5.60 Å². The summed E-state index contributed by atoms with van der Waals surface area (Å²) in [6.07, 6.45) is 3.67. The number of hydroxylamine groups is 1. The summed E-state index contributed by atoms with van der Waals surface area (Å²) in [6.45, 7) is 0. The van der Waals surface area contributed by atoms with Gasteiger partial charge in [0.05, 0.1) is 0 Å². The van der Waals surface area contributed by atoms with Gasteiger partial charge in [-0.1, -0.05) is 42.5 Å². The Kier molecular flexibility index (Phi) is 2.61. The molecule has 3 heteroatoms. The van der Waals surface area contributed by atoms with Gasteiger partial charge in [0, 0.05) is 6.20 Å². The van der Waals surface area contributed by atoms with Gasteiger partial charge in [0.2, 0.25) is 0 Å². The lowest BCUT2D eigenvalue weighted by Crippen LogP contribution is -2.28. The van der Waals surface area contributed by atoms with Crippen molar-refractivity contribution in [2.75, 3.05) is 0 Å². The van der Waals surface area contributed by atoms with Crippen molar-refractivity contribution in [2.24, 2.45) is 0 Å². The Morgan fingerprint density at radius 2 is 1.56 bits per heavy atom. The summed E-state index contributed by atoms with van der Waals surface area (Å²) in [5, 5.41) is 0. The molecule has 1 atom stereocenters. The fourth-order valence-corrected chi connectivity index (χ4v) is 2.17. The SMILES string of the molecule is Fc1ccc(C2(c3ccccc3)C=CNO2)cc1. The average Bonchev–Trinajstić information content (AvgIpc) is 2.91. The molecular weight excluding hydrogens is 229 g/mol. The van der Waals surface area contributed by atoms with Crippen LogP contribution in [0.4, 0.5) is 4.39 Å². The second-order valence-electron chi connectivity index (χ2n) is 4.16. The molecule has 0 saturated carbocycles. The Labute approximate surface area is 105 Å². The lowest BCUT2D eigenvalue weighted by Gasteiger charge is -2.26. The van der Waals surface area contributed by atoms with E-state index in [4.69, 9.17) is 4.84 Å². The standard InChI is InChI=1S/C15H12FNO/c16-14-8-6-13(7-9-14)15(10-11-17-18-15)12-4-2-1-3-5-12/h1-11,17H. The minimum Gasteiger partial charge on any atom is -0.273 e. The van der Waals surface area contributed by atoms with E-state index in [1.807, 2.05) is 36.4 Å². The molecule has 0 bridgehead atoms. The quantitative estimate of drug-likeness (QED) is 0.872. The largest absolute Gasteiger partial charge is 0.273 e. The van der Waals surface area contributed by atoms with Crippen molar-refractivity contribution >= 4 is 0 Å². The Balaban J connectivity index is 2.13. The summed E-state index contributed by atoms with van der Waals surface area (Å²) in [5.74, 6) is -0.253. The molecule has 0 fully saturated rings. The van der Waals surface area contributed by atoms with Crippen molar-refractivity contribution in [3.8, 4) is 0 Å². The zero-order valence-corrected chi connectivity index (χ0v) is 9.64. The number of halogens is 1.